The van der Waals surface area contributed by atoms with Crippen molar-refractivity contribution in [1.82, 2.24) is 0 Å². The summed E-state index contributed by atoms with van der Waals surface area (Å²) in [5.74, 6) is -0.529. The van der Waals surface area contributed by atoms with E-state index in [1.165, 1.54) is 18.2 Å². The molecule has 1 aromatic carbocycles. The number of nitrogens with one attached hydrogen (secondary N) is 1. The molecule has 0 aromatic heterocycles. The zero-order valence-electron chi connectivity index (χ0n) is 10.8. The highest BCUT2D eigenvalue weighted by Crippen LogP contribution is 2.21. The lowest BCUT2D eigenvalue weighted by atomic mass is 10.0. The molecule has 0 spiro atoms. The number of nitrogen functional groups attached to an aromatic ring is 1. The molecule has 0 saturated carbocycles. The SMILES string of the molecule is Nc1cc(F)ccc1NC(=O)CCC1CCCCO1. The summed E-state index contributed by atoms with van der Waals surface area (Å²) in [6, 6.07) is 3.94. The first-order valence-corrected chi connectivity index (χ1v) is 6.61. The first kappa shape index (κ1) is 13.8. The number of ether oxygens (including phenoxy) is 1. The number of amides is 1. The van der Waals surface area contributed by atoms with Gasteiger partial charge in [0, 0.05) is 13.0 Å². The maximum atomic E-state index is 12.9. The smallest absolute Gasteiger partial charge is 0.224 e. The molecule has 1 amide bonds. The third-order valence-electron chi connectivity index (χ3n) is 3.26. The molecule has 2 rings (SSSR count). The van der Waals surface area contributed by atoms with Gasteiger partial charge in [-0.3, -0.25) is 4.79 Å². The van der Waals surface area contributed by atoms with Crippen molar-refractivity contribution >= 4 is 17.3 Å². The average molecular weight is 266 g/mol. The van der Waals surface area contributed by atoms with Crippen molar-refractivity contribution in [2.75, 3.05) is 17.7 Å². The highest BCUT2D eigenvalue weighted by atomic mass is 19.1. The first-order valence-electron chi connectivity index (χ1n) is 6.61. The van der Waals surface area contributed by atoms with Crippen LogP contribution in [0.25, 0.3) is 0 Å². The Morgan fingerprint density at radius 1 is 1.47 bits per heavy atom. The van der Waals surface area contributed by atoms with E-state index in [1.807, 2.05) is 0 Å². The first-order chi connectivity index (χ1) is 9.15. The van der Waals surface area contributed by atoms with E-state index >= 15 is 0 Å². The van der Waals surface area contributed by atoms with Crippen molar-refractivity contribution in [1.29, 1.82) is 0 Å². The summed E-state index contributed by atoms with van der Waals surface area (Å²) in [6.45, 7) is 0.789. The summed E-state index contributed by atoms with van der Waals surface area (Å²) in [7, 11) is 0. The molecule has 1 unspecified atom stereocenters. The largest absolute Gasteiger partial charge is 0.397 e. The van der Waals surface area contributed by atoms with Gasteiger partial charge in [0.15, 0.2) is 0 Å². The molecule has 0 bridgehead atoms. The fourth-order valence-electron chi connectivity index (χ4n) is 2.19. The Morgan fingerprint density at radius 3 is 3.00 bits per heavy atom. The van der Waals surface area contributed by atoms with Crippen LogP contribution in [-0.4, -0.2) is 18.6 Å². The summed E-state index contributed by atoms with van der Waals surface area (Å²) in [5, 5.41) is 2.69. The van der Waals surface area contributed by atoms with E-state index in [0.29, 0.717) is 18.5 Å². The lowest BCUT2D eigenvalue weighted by molar-refractivity contribution is -0.117. The summed E-state index contributed by atoms with van der Waals surface area (Å²) in [6.07, 6.45) is 4.58. The van der Waals surface area contributed by atoms with Gasteiger partial charge in [-0.15, -0.1) is 0 Å². The topological polar surface area (TPSA) is 64.3 Å². The molecule has 1 atom stereocenters. The zero-order valence-corrected chi connectivity index (χ0v) is 10.8. The van der Waals surface area contributed by atoms with Gasteiger partial charge in [0.1, 0.15) is 5.82 Å². The number of hydrogen-bond donors (Lipinski definition) is 2. The zero-order chi connectivity index (χ0) is 13.7. The molecule has 5 heteroatoms. The van der Waals surface area contributed by atoms with E-state index in [-0.39, 0.29) is 17.7 Å². The molecule has 3 N–H and O–H groups in total. The fraction of sp³-hybridized carbons (Fsp3) is 0.500. The summed E-state index contributed by atoms with van der Waals surface area (Å²) >= 11 is 0. The molecule has 1 aliphatic heterocycles. The van der Waals surface area contributed by atoms with Crippen LogP contribution in [0.3, 0.4) is 0 Å². The molecule has 1 aromatic rings. The standard InChI is InChI=1S/C14H19FN2O2/c15-10-4-6-13(12(16)9-10)17-14(18)7-5-11-3-1-2-8-19-11/h4,6,9,11H,1-3,5,7-8,16H2,(H,17,18). The van der Waals surface area contributed by atoms with Gasteiger partial charge in [-0.2, -0.15) is 0 Å². The van der Waals surface area contributed by atoms with Crippen LogP contribution in [0.1, 0.15) is 32.1 Å². The highest BCUT2D eigenvalue weighted by Gasteiger charge is 2.15. The molecular weight excluding hydrogens is 247 g/mol. The summed E-state index contributed by atoms with van der Waals surface area (Å²) in [5.41, 5.74) is 6.32. The van der Waals surface area contributed by atoms with Crippen LogP contribution >= 0.6 is 0 Å². The molecule has 104 valence electrons. The Morgan fingerprint density at radius 2 is 2.32 bits per heavy atom. The third-order valence-corrected chi connectivity index (χ3v) is 3.26. The Balaban J connectivity index is 1.80. The number of hydrogen-bond acceptors (Lipinski definition) is 3. The Kier molecular flexibility index (Phi) is 4.74. The van der Waals surface area contributed by atoms with Gasteiger partial charge >= 0.3 is 0 Å². The van der Waals surface area contributed by atoms with Gasteiger partial charge in [-0.25, -0.2) is 4.39 Å². The second-order valence-electron chi connectivity index (χ2n) is 4.81. The highest BCUT2D eigenvalue weighted by molar-refractivity contribution is 5.93. The van der Waals surface area contributed by atoms with Crippen LogP contribution in [-0.2, 0) is 9.53 Å². The van der Waals surface area contributed by atoms with Crippen molar-refractivity contribution < 1.29 is 13.9 Å². The molecule has 1 saturated heterocycles. The second-order valence-corrected chi connectivity index (χ2v) is 4.81. The van der Waals surface area contributed by atoms with Crippen molar-refractivity contribution in [3.63, 3.8) is 0 Å². The van der Waals surface area contributed by atoms with E-state index in [9.17, 15) is 9.18 Å². The van der Waals surface area contributed by atoms with Gasteiger partial charge in [-0.1, -0.05) is 0 Å². The Labute approximate surface area is 112 Å². The fourth-order valence-corrected chi connectivity index (χ4v) is 2.19. The molecule has 1 heterocycles. The minimum Gasteiger partial charge on any atom is -0.397 e. The lowest BCUT2D eigenvalue weighted by Gasteiger charge is -2.22. The van der Waals surface area contributed by atoms with E-state index in [2.05, 4.69) is 5.32 Å². The van der Waals surface area contributed by atoms with E-state index in [1.54, 1.807) is 0 Å². The van der Waals surface area contributed by atoms with Crippen molar-refractivity contribution in [2.45, 2.75) is 38.2 Å². The molecular formula is C14H19FN2O2. The van der Waals surface area contributed by atoms with E-state index in [4.69, 9.17) is 10.5 Å². The van der Waals surface area contributed by atoms with Crippen LogP contribution < -0.4 is 11.1 Å². The predicted molar refractivity (Wildman–Crippen MR) is 72.3 cm³/mol. The van der Waals surface area contributed by atoms with Crippen LogP contribution in [0.4, 0.5) is 15.8 Å². The molecule has 0 aliphatic carbocycles. The van der Waals surface area contributed by atoms with Gasteiger partial charge in [0.25, 0.3) is 0 Å². The van der Waals surface area contributed by atoms with E-state index < -0.39 is 5.82 Å². The number of carbonyl (C=O) groups excluding carboxylic acids is 1. The Bertz CT molecular complexity index is 445. The monoisotopic (exact) mass is 266 g/mol. The summed E-state index contributed by atoms with van der Waals surface area (Å²) < 4.78 is 18.4. The number of anilines is 2. The van der Waals surface area contributed by atoms with Crippen LogP contribution in [0.15, 0.2) is 18.2 Å². The Hall–Kier alpha value is -1.62. The molecule has 0 radical (unpaired) electrons. The molecule has 1 fully saturated rings. The number of nitrogens with two attached hydrogens (primary N) is 1. The number of carbonyl (C=O) groups is 1. The molecule has 19 heavy (non-hydrogen) atoms. The lowest BCUT2D eigenvalue weighted by Crippen LogP contribution is -2.22. The maximum absolute atomic E-state index is 12.9. The van der Waals surface area contributed by atoms with Gasteiger partial charge < -0.3 is 15.8 Å². The minimum atomic E-state index is -0.411. The normalized spacial score (nSPS) is 19.1. The molecule has 1 aliphatic rings. The second kappa shape index (κ2) is 6.52. The number of halogens is 1. The van der Waals surface area contributed by atoms with Crippen molar-refractivity contribution in [2.24, 2.45) is 0 Å². The van der Waals surface area contributed by atoms with Gasteiger partial charge in [-0.05, 0) is 43.9 Å². The predicted octanol–water partition coefficient (Wildman–Crippen LogP) is 2.70. The number of rotatable bonds is 4. The van der Waals surface area contributed by atoms with Crippen LogP contribution in [0.2, 0.25) is 0 Å². The van der Waals surface area contributed by atoms with Crippen molar-refractivity contribution in [3.8, 4) is 0 Å². The number of benzene rings is 1. The minimum absolute atomic E-state index is 0.118. The van der Waals surface area contributed by atoms with Crippen LogP contribution in [0.5, 0.6) is 0 Å². The third kappa shape index (κ3) is 4.21. The maximum Gasteiger partial charge on any atom is 0.224 e. The molecule has 4 nitrogen and oxygen atoms in total. The van der Waals surface area contributed by atoms with Crippen molar-refractivity contribution in [3.05, 3.63) is 24.0 Å². The van der Waals surface area contributed by atoms with Gasteiger partial charge in [0.2, 0.25) is 5.91 Å². The quantitative estimate of drug-likeness (QED) is 0.823. The van der Waals surface area contributed by atoms with E-state index in [0.717, 1.165) is 25.9 Å². The van der Waals surface area contributed by atoms with Gasteiger partial charge in [0.05, 0.1) is 17.5 Å². The van der Waals surface area contributed by atoms with Crippen LogP contribution in [0, 0.1) is 5.82 Å². The summed E-state index contributed by atoms with van der Waals surface area (Å²) in [4.78, 5) is 11.8. The average Bonchev–Trinajstić information content (AvgIpc) is 2.41.